The molecule has 0 amide bonds. The zero-order valence-electron chi connectivity index (χ0n) is 5.79. The Hall–Kier alpha value is 1.38. The van der Waals surface area contributed by atoms with Gasteiger partial charge in [-0.05, 0) is 6.16 Å². The van der Waals surface area contributed by atoms with E-state index in [1.54, 1.807) is 0 Å². The van der Waals surface area contributed by atoms with E-state index in [9.17, 15) is 0 Å². The van der Waals surface area contributed by atoms with E-state index in [2.05, 4.69) is 41.7 Å². The highest BCUT2D eigenvalue weighted by Gasteiger charge is 2.10. The van der Waals surface area contributed by atoms with Crippen molar-refractivity contribution in [1.29, 1.82) is 0 Å². The molecule has 0 N–H and O–H groups in total. The Morgan fingerprint density at radius 1 is 1.38 bits per heavy atom. The Bertz CT molecular complexity index is 59.9. The van der Waals surface area contributed by atoms with Crippen LogP contribution in [0, 0.1) is 0 Å². The molecule has 0 saturated heterocycles. The average Bonchev–Trinajstić information content (AvgIpc) is 1.59. The first kappa shape index (κ1) is 9.38. The first-order valence-electron chi connectivity index (χ1n) is 2.90. The van der Waals surface area contributed by atoms with Gasteiger partial charge in [0.05, 0.1) is 0 Å². The first-order chi connectivity index (χ1) is 3.56. The predicted octanol–water partition coefficient (Wildman–Crippen LogP) is 3.35. The lowest BCUT2D eigenvalue weighted by Gasteiger charge is -2.13. The quantitative estimate of drug-likeness (QED) is 0.414. The molecule has 0 aromatic carbocycles. The van der Waals surface area contributed by atoms with E-state index in [0.717, 1.165) is 6.22 Å². The van der Waals surface area contributed by atoms with Crippen molar-refractivity contribution in [2.75, 3.05) is 6.16 Å². The van der Waals surface area contributed by atoms with Crippen molar-refractivity contribution in [1.82, 2.24) is 0 Å². The van der Waals surface area contributed by atoms with E-state index in [1.165, 1.54) is 12.2 Å². The summed E-state index contributed by atoms with van der Waals surface area (Å²) in [4.78, 5) is 0. The molecule has 0 radical (unpaired) electrons. The second kappa shape index (κ2) is 4.23. The zero-order valence-corrected chi connectivity index (χ0v) is 9.95. The van der Waals surface area contributed by atoms with E-state index in [-0.39, 0.29) is 0 Å². The Labute approximate surface area is 68.1 Å². The molecule has 0 spiro atoms. The second-order valence-electron chi connectivity index (χ2n) is 3.19. The van der Waals surface area contributed by atoms with Crippen molar-refractivity contribution in [3.05, 3.63) is 0 Å². The molecule has 0 saturated carbocycles. The van der Waals surface area contributed by atoms with Gasteiger partial charge in [-0.1, -0.05) is 53.9 Å². The Morgan fingerprint density at radius 3 is 2.00 bits per heavy atom. The van der Waals surface area contributed by atoms with Gasteiger partial charge in [0, 0.05) is 8.07 Å². The summed E-state index contributed by atoms with van der Waals surface area (Å²) in [6.45, 7) is 7.30. The summed E-state index contributed by atoms with van der Waals surface area (Å²) in [5.41, 5.74) is 0. The van der Waals surface area contributed by atoms with Crippen LogP contribution in [0.3, 0.4) is 0 Å². The van der Waals surface area contributed by atoms with Crippen LogP contribution in [0.2, 0.25) is 25.7 Å². The van der Waals surface area contributed by atoms with Gasteiger partial charge in [0.25, 0.3) is 0 Å². The molecule has 0 aromatic rings. The molecule has 50 valence electrons. The highest BCUT2D eigenvalue weighted by Crippen LogP contribution is 2.24. The molecule has 0 aliphatic rings. The molecule has 0 heterocycles. The summed E-state index contributed by atoms with van der Waals surface area (Å²) in [6, 6.07) is 1.51. The fourth-order valence-corrected chi connectivity index (χ4v) is 6.23. The molecule has 3 heteroatoms. The topological polar surface area (TPSA) is 0 Å². The molecule has 0 aliphatic heterocycles. The molecule has 0 nitrogen and oxygen atoms in total. The van der Waals surface area contributed by atoms with E-state index >= 15 is 0 Å². The van der Waals surface area contributed by atoms with Gasteiger partial charge in [-0.25, -0.2) is 0 Å². The lowest BCUT2D eigenvalue weighted by molar-refractivity contribution is 1.38. The molecule has 8 heavy (non-hydrogen) atoms. The fourth-order valence-electron chi connectivity index (χ4n) is 0.422. The molecule has 1 unspecified atom stereocenters. The van der Waals surface area contributed by atoms with Crippen molar-refractivity contribution < 1.29 is 0 Å². The molecular weight excluding hydrogens is 246 g/mol. The predicted molar refractivity (Wildman–Crippen MR) is 55.4 cm³/mol. The van der Waals surface area contributed by atoms with Crippen molar-refractivity contribution >= 4 is 36.3 Å². The molecule has 0 fully saturated rings. The van der Waals surface area contributed by atoms with Crippen molar-refractivity contribution in [2.24, 2.45) is 0 Å². The monoisotopic (exact) mass is 260 g/mol. The number of halogens is 1. The smallest absolute Gasteiger partial charge is 0.0446 e. The Morgan fingerprint density at radius 2 is 1.88 bits per heavy atom. The summed E-state index contributed by atoms with van der Waals surface area (Å²) >= 11 is 2.48. The van der Waals surface area contributed by atoms with E-state index < -0.39 is 8.07 Å². The van der Waals surface area contributed by atoms with Gasteiger partial charge in [-0.3, -0.25) is 0 Å². The molecule has 0 aliphatic carbocycles. The van der Waals surface area contributed by atoms with Gasteiger partial charge < -0.3 is 0 Å². The Balaban J connectivity index is 3.11. The third-order valence-corrected chi connectivity index (χ3v) is 5.28. The number of rotatable bonds is 3. The summed E-state index contributed by atoms with van der Waals surface area (Å²) in [5, 5.41) is 0. The lowest BCUT2D eigenvalue weighted by Crippen LogP contribution is -2.19. The molecule has 0 aromatic heterocycles. The molecule has 1 atom stereocenters. The third kappa shape index (κ3) is 7.38. The van der Waals surface area contributed by atoms with Crippen LogP contribution in [-0.4, -0.2) is 14.2 Å². The SMILES string of the molecule is C[Si](C)(C)CCPI. The average molecular weight is 260 g/mol. The normalized spacial score (nSPS) is 13.5. The van der Waals surface area contributed by atoms with E-state index in [4.69, 9.17) is 0 Å². The minimum atomic E-state index is -0.676. The van der Waals surface area contributed by atoms with Crippen LogP contribution in [0.5, 0.6) is 0 Å². The van der Waals surface area contributed by atoms with E-state index in [1.807, 2.05) is 0 Å². The third-order valence-electron chi connectivity index (χ3n) is 0.969. The van der Waals surface area contributed by atoms with Gasteiger partial charge >= 0.3 is 0 Å². The van der Waals surface area contributed by atoms with Gasteiger partial charge in [-0.15, -0.1) is 0 Å². The van der Waals surface area contributed by atoms with Gasteiger partial charge in [0.15, 0.2) is 0 Å². The van der Waals surface area contributed by atoms with E-state index in [0.29, 0.717) is 0 Å². The van der Waals surface area contributed by atoms with Crippen LogP contribution in [0.4, 0.5) is 0 Å². The number of hydrogen-bond acceptors (Lipinski definition) is 0. The maximum absolute atomic E-state index is 2.48. The highest BCUT2D eigenvalue weighted by atomic mass is 127. The molecule has 0 bridgehead atoms. The fraction of sp³-hybridized carbons (Fsp3) is 1.00. The summed E-state index contributed by atoms with van der Waals surface area (Å²) in [7, 11) is -0.676. The van der Waals surface area contributed by atoms with Crippen molar-refractivity contribution in [3.63, 3.8) is 0 Å². The lowest BCUT2D eigenvalue weighted by atomic mass is 11.0. The molecule has 0 rings (SSSR count). The van der Waals surface area contributed by atoms with Crippen LogP contribution in [-0.2, 0) is 0 Å². The van der Waals surface area contributed by atoms with Crippen molar-refractivity contribution in [2.45, 2.75) is 25.7 Å². The van der Waals surface area contributed by atoms with Crippen molar-refractivity contribution in [3.8, 4) is 0 Å². The van der Waals surface area contributed by atoms with Gasteiger partial charge in [-0.2, -0.15) is 0 Å². The van der Waals surface area contributed by atoms with Crippen LogP contribution >= 0.6 is 28.3 Å². The van der Waals surface area contributed by atoms with Crippen LogP contribution in [0.25, 0.3) is 0 Å². The van der Waals surface area contributed by atoms with Crippen LogP contribution in [0.1, 0.15) is 0 Å². The van der Waals surface area contributed by atoms with Crippen LogP contribution in [0.15, 0.2) is 0 Å². The highest BCUT2D eigenvalue weighted by molar-refractivity contribution is 14.2. The maximum Gasteiger partial charge on any atom is 0.0446 e. The van der Waals surface area contributed by atoms with Gasteiger partial charge in [0.1, 0.15) is 0 Å². The minimum Gasteiger partial charge on any atom is -0.0695 e. The first-order valence-corrected chi connectivity index (χ1v) is 10.9. The summed E-state index contributed by atoms with van der Waals surface area (Å²) in [6.07, 6.45) is 2.59. The minimum absolute atomic E-state index is 0.676. The maximum atomic E-state index is 2.48. The molecular formula is C5H14IPSi. The summed E-state index contributed by atoms with van der Waals surface area (Å²) < 4.78 is 0. The van der Waals surface area contributed by atoms with Crippen LogP contribution < -0.4 is 0 Å². The Kier molecular flexibility index (Phi) is 4.96. The zero-order chi connectivity index (χ0) is 6.62. The standard InChI is InChI=1S/C5H14IPSi/c1-8(2,3)5-4-7-6/h7H,4-5H2,1-3H3. The second-order valence-corrected chi connectivity index (χ2v) is 11.9. The summed E-state index contributed by atoms with van der Waals surface area (Å²) in [5.74, 6) is 0. The van der Waals surface area contributed by atoms with Gasteiger partial charge in [0.2, 0.25) is 0 Å². The largest absolute Gasteiger partial charge is 0.0695 e. The number of hydrogen-bond donors (Lipinski definition) is 0.